The van der Waals surface area contributed by atoms with E-state index in [1.54, 1.807) is 31.2 Å². The Kier molecular flexibility index (Phi) is 6.85. The summed E-state index contributed by atoms with van der Waals surface area (Å²) >= 11 is 0. The lowest BCUT2D eigenvalue weighted by Gasteiger charge is -2.27. The summed E-state index contributed by atoms with van der Waals surface area (Å²) in [5, 5.41) is 2.83. The molecular formula is C16H24N2O4. The Labute approximate surface area is 131 Å². The molecule has 0 aliphatic heterocycles. The van der Waals surface area contributed by atoms with Crippen molar-refractivity contribution in [2.45, 2.75) is 39.2 Å². The van der Waals surface area contributed by atoms with Crippen LogP contribution in [0, 0.1) is 0 Å². The van der Waals surface area contributed by atoms with Gasteiger partial charge in [-0.3, -0.25) is 9.59 Å². The minimum absolute atomic E-state index is 0.176. The second-order valence-corrected chi connectivity index (χ2v) is 5.15. The molecule has 1 rings (SSSR count). The Morgan fingerprint density at radius 1 is 1.23 bits per heavy atom. The summed E-state index contributed by atoms with van der Waals surface area (Å²) in [6.07, 6.45) is 1.50. The van der Waals surface area contributed by atoms with Crippen LogP contribution in [0.15, 0.2) is 24.3 Å². The number of nitrogens with two attached hydrogens (primary N) is 1. The van der Waals surface area contributed by atoms with Crippen LogP contribution in [0.4, 0.5) is 5.69 Å². The van der Waals surface area contributed by atoms with E-state index < -0.39 is 11.5 Å². The minimum atomic E-state index is -0.843. The summed E-state index contributed by atoms with van der Waals surface area (Å²) in [6.45, 7) is 5.97. The highest BCUT2D eigenvalue weighted by Gasteiger charge is 2.32. The van der Waals surface area contributed by atoms with Crippen molar-refractivity contribution >= 4 is 17.5 Å². The molecule has 122 valence electrons. The molecule has 0 aromatic heterocycles. The van der Waals surface area contributed by atoms with Crippen LogP contribution in [0.2, 0.25) is 0 Å². The quantitative estimate of drug-likeness (QED) is 0.731. The van der Waals surface area contributed by atoms with Gasteiger partial charge in [-0.2, -0.15) is 0 Å². The molecule has 0 heterocycles. The predicted octanol–water partition coefficient (Wildman–Crippen LogP) is 2.08. The first-order valence-electron chi connectivity index (χ1n) is 7.38. The first-order chi connectivity index (χ1) is 10.4. The number of primary amides is 1. The van der Waals surface area contributed by atoms with Crippen LogP contribution >= 0.6 is 0 Å². The first-order valence-corrected chi connectivity index (χ1v) is 7.38. The number of carbonyl (C=O) groups is 2. The van der Waals surface area contributed by atoms with Crippen LogP contribution < -0.4 is 15.8 Å². The third-order valence-electron chi connectivity index (χ3n) is 3.16. The van der Waals surface area contributed by atoms with Gasteiger partial charge in [0.1, 0.15) is 11.4 Å². The maximum Gasteiger partial charge on any atom is 0.256 e. The number of carbonyl (C=O) groups excluding carboxylic acids is 2. The highest BCUT2D eigenvalue weighted by atomic mass is 16.5. The smallest absolute Gasteiger partial charge is 0.256 e. The lowest BCUT2D eigenvalue weighted by molar-refractivity contribution is -0.139. The third kappa shape index (κ3) is 5.37. The highest BCUT2D eigenvalue weighted by molar-refractivity contribution is 5.97. The molecular weight excluding hydrogens is 284 g/mol. The van der Waals surface area contributed by atoms with Crippen LogP contribution in [0.1, 0.15) is 33.6 Å². The van der Waals surface area contributed by atoms with Crippen molar-refractivity contribution < 1.29 is 19.1 Å². The van der Waals surface area contributed by atoms with E-state index in [1.165, 1.54) is 0 Å². The zero-order chi connectivity index (χ0) is 16.6. The van der Waals surface area contributed by atoms with Crippen molar-refractivity contribution in [2.75, 3.05) is 18.5 Å². The molecule has 0 fully saturated rings. The van der Waals surface area contributed by atoms with E-state index in [1.807, 2.05) is 13.8 Å². The highest BCUT2D eigenvalue weighted by Crippen LogP contribution is 2.22. The summed E-state index contributed by atoms with van der Waals surface area (Å²) < 4.78 is 10.8. The standard InChI is InChI=1S/C16H24N2O4/c1-4-10-16(3,22-5-2)15(20)18-12-6-8-13(9-7-12)21-11-14(17)19/h6-9H,4-5,10-11H2,1-3H3,(H2,17,19)(H,18,20)/t16-/m1/s1. The van der Waals surface area contributed by atoms with Crippen LogP contribution in [0.25, 0.3) is 0 Å². The summed E-state index contributed by atoms with van der Waals surface area (Å²) in [5.74, 6) is -0.204. The fourth-order valence-corrected chi connectivity index (χ4v) is 2.10. The molecule has 2 amide bonds. The van der Waals surface area contributed by atoms with Crippen LogP contribution in [-0.2, 0) is 14.3 Å². The van der Waals surface area contributed by atoms with Crippen LogP contribution in [0.5, 0.6) is 5.75 Å². The molecule has 0 saturated heterocycles. The number of hydrogen-bond acceptors (Lipinski definition) is 4. The van der Waals surface area contributed by atoms with Gasteiger partial charge in [-0.15, -0.1) is 0 Å². The van der Waals surface area contributed by atoms with Gasteiger partial charge in [0.05, 0.1) is 0 Å². The molecule has 1 aromatic carbocycles. The number of nitrogens with one attached hydrogen (secondary N) is 1. The molecule has 0 bridgehead atoms. The van der Waals surface area contributed by atoms with E-state index in [9.17, 15) is 9.59 Å². The Balaban J connectivity index is 2.68. The molecule has 3 N–H and O–H groups in total. The topological polar surface area (TPSA) is 90.7 Å². The number of hydrogen-bond donors (Lipinski definition) is 2. The average molecular weight is 308 g/mol. The summed E-state index contributed by atoms with van der Waals surface area (Å²) in [7, 11) is 0. The minimum Gasteiger partial charge on any atom is -0.484 e. The van der Waals surface area contributed by atoms with E-state index in [-0.39, 0.29) is 12.5 Å². The molecule has 0 aliphatic rings. The lowest BCUT2D eigenvalue weighted by Crippen LogP contribution is -2.42. The number of anilines is 1. The molecule has 0 unspecified atom stereocenters. The maximum atomic E-state index is 12.4. The van der Waals surface area contributed by atoms with E-state index >= 15 is 0 Å². The van der Waals surface area contributed by atoms with E-state index in [0.717, 1.165) is 6.42 Å². The average Bonchev–Trinajstić information content (AvgIpc) is 2.47. The van der Waals surface area contributed by atoms with Crippen molar-refractivity contribution in [1.29, 1.82) is 0 Å². The van der Waals surface area contributed by atoms with Crippen molar-refractivity contribution in [3.63, 3.8) is 0 Å². The fourth-order valence-electron chi connectivity index (χ4n) is 2.10. The zero-order valence-electron chi connectivity index (χ0n) is 13.3. The van der Waals surface area contributed by atoms with Crippen molar-refractivity contribution in [3.8, 4) is 5.75 Å². The van der Waals surface area contributed by atoms with Gasteiger partial charge in [0.15, 0.2) is 6.61 Å². The second kappa shape index (κ2) is 8.38. The van der Waals surface area contributed by atoms with Gasteiger partial charge in [0.2, 0.25) is 0 Å². The SMILES string of the molecule is CCC[C@@](C)(OCC)C(=O)Nc1ccc(OCC(N)=O)cc1. The molecule has 0 spiro atoms. The summed E-state index contributed by atoms with van der Waals surface area (Å²) in [4.78, 5) is 23.0. The Bertz CT molecular complexity index is 493. The van der Waals surface area contributed by atoms with Gasteiger partial charge in [0.25, 0.3) is 11.8 Å². The monoisotopic (exact) mass is 308 g/mol. The summed E-state index contributed by atoms with van der Waals surface area (Å²) in [6, 6.07) is 6.73. The third-order valence-corrected chi connectivity index (χ3v) is 3.16. The molecule has 6 heteroatoms. The van der Waals surface area contributed by atoms with Crippen LogP contribution in [0.3, 0.4) is 0 Å². The second-order valence-electron chi connectivity index (χ2n) is 5.15. The van der Waals surface area contributed by atoms with Crippen LogP contribution in [-0.4, -0.2) is 30.6 Å². The van der Waals surface area contributed by atoms with Gasteiger partial charge in [-0.1, -0.05) is 13.3 Å². The molecule has 1 atom stereocenters. The van der Waals surface area contributed by atoms with Gasteiger partial charge in [-0.05, 0) is 44.5 Å². The van der Waals surface area contributed by atoms with E-state index in [2.05, 4.69) is 5.32 Å². The van der Waals surface area contributed by atoms with Gasteiger partial charge in [0, 0.05) is 12.3 Å². The van der Waals surface area contributed by atoms with E-state index in [4.69, 9.17) is 15.2 Å². The first kappa shape index (κ1) is 18.0. The number of ether oxygens (including phenoxy) is 2. The van der Waals surface area contributed by atoms with Gasteiger partial charge in [-0.25, -0.2) is 0 Å². The fraction of sp³-hybridized carbons (Fsp3) is 0.500. The molecule has 0 saturated carbocycles. The van der Waals surface area contributed by atoms with Crippen molar-refractivity contribution in [2.24, 2.45) is 5.73 Å². The van der Waals surface area contributed by atoms with Gasteiger partial charge < -0.3 is 20.5 Å². The number of rotatable bonds is 9. The molecule has 1 aromatic rings. The van der Waals surface area contributed by atoms with E-state index in [0.29, 0.717) is 24.5 Å². The number of amides is 2. The maximum absolute atomic E-state index is 12.4. The normalized spacial score (nSPS) is 13.2. The van der Waals surface area contributed by atoms with Crippen molar-refractivity contribution in [1.82, 2.24) is 0 Å². The largest absolute Gasteiger partial charge is 0.484 e. The molecule has 22 heavy (non-hydrogen) atoms. The molecule has 6 nitrogen and oxygen atoms in total. The van der Waals surface area contributed by atoms with Crippen molar-refractivity contribution in [3.05, 3.63) is 24.3 Å². The lowest BCUT2D eigenvalue weighted by atomic mass is 9.99. The molecule has 0 radical (unpaired) electrons. The molecule has 0 aliphatic carbocycles. The van der Waals surface area contributed by atoms with Gasteiger partial charge >= 0.3 is 0 Å². The number of benzene rings is 1. The predicted molar refractivity (Wildman–Crippen MR) is 84.7 cm³/mol. The Morgan fingerprint density at radius 2 is 1.86 bits per heavy atom. The summed E-state index contributed by atoms with van der Waals surface area (Å²) in [5.41, 5.74) is 4.80. The Hall–Kier alpha value is -2.08. The Morgan fingerprint density at radius 3 is 2.36 bits per heavy atom. The zero-order valence-corrected chi connectivity index (χ0v) is 13.3.